The van der Waals surface area contributed by atoms with E-state index in [4.69, 9.17) is 9.72 Å². The van der Waals surface area contributed by atoms with Crippen molar-refractivity contribution < 1.29 is 4.74 Å². The molecule has 4 rings (SSSR count). The second kappa shape index (κ2) is 7.28. The van der Waals surface area contributed by atoms with Gasteiger partial charge in [-0.1, -0.05) is 24.3 Å². The van der Waals surface area contributed by atoms with Gasteiger partial charge < -0.3 is 9.64 Å². The van der Waals surface area contributed by atoms with Gasteiger partial charge in [-0.25, -0.2) is 15.0 Å². The van der Waals surface area contributed by atoms with Crippen LogP contribution in [0.25, 0.3) is 11.4 Å². The van der Waals surface area contributed by atoms with Crippen LogP contribution in [0.2, 0.25) is 0 Å². The first-order valence-corrected chi connectivity index (χ1v) is 8.90. The number of aromatic nitrogens is 4. The summed E-state index contributed by atoms with van der Waals surface area (Å²) in [7, 11) is 1.74. The molecule has 0 radical (unpaired) electrons. The summed E-state index contributed by atoms with van der Waals surface area (Å²) in [6, 6.07) is 11.5. The van der Waals surface area contributed by atoms with Crippen molar-refractivity contribution >= 4 is 5.95 Å². The Hall–Kier alpha value is -3.06. The molecule has 3 aromatic rings. The van der Waals surface area contributed by atoms with E-state index in [1.807, 2.05) is 12.1 Å². The lowest BCUT2D eigenvalue weighted by Gasteiger charge is -2.35. The second-order valence-corrected chi connectivity index (χ2v) is 6.60. The molecule has 0 amide bonds. The SMILES string of the molecule is Cc1ccccc1C1CN(c2nc(-c3ccncn3)cc(=O)n2C)CCO1. The summed E-state index contributed by atoms with van der Waals surface area (Å²) in [5.74, 6) is 0.623. The summed E-state index contributed by atoms with van der Waals surface area (Å²) in [5, 5.41) is 0. The highest BCUT2D eigenvalue weighted by Crippen LogP contribution is 2.27. The molecule has 1 atom stereocenters. The van der Waals surface area contributed by atoms with Crippen molar-refractivity contribution in [2.75, 3.05) is 24.6 Å². The number of hydrogen-bond acceptors (Lipinski definition) is 6. The van der Waals surface area contributed by atoms with Gasteiger partial charge in [-0.3, -0.25) is 9.36 Å². The first kappa shape index (κ1) is 17.4. The molecule has 7 heteroatoms. The monoisotopic (exact) mass is 363 g/mol. The molecule has 1 aromatic carbocycles. The van der Waals surface area contributed by atoms with Gasteiger partial charge >= 0.3 is 0 Å². The molecule has 1 fully saturated rings. The minimum absolute atomic E-state index is 0.0560. The third kappa shape index (κ3) is 3.46. The Morgan fingerprint density at radius 1 is 1.19 bits per heavy atom. The maximum absolute atomic E-state index is 12.5. The minimum atomic E-state index is -0.118. The lowest BCUT2D eigenvalue weighted by molar-refractivity contribution is 0.0386. The van der Waals surface area contributed by atoms with Crippen molar-refractivity contribution in [3.63, 3.8) is 0 Å². The van der Waals surface area contributed by atoms with Gasteiger partial charge in [0.15, 0.2) is 0 Å². The lowest BCUT2D eigenvalue weighted by Crippen LogP contribution is -2.42. The van der Waals surface area contributed by atoms with Crippen molar-refractivity contribution in [1.29, 1.82) is 0 Å². The number of aryl methyl sites for hydroxylation is 1. The van der Waals surface area contributed by atoms with Crippen molar-refractivity contribution in [3.8, 4) is 11.4 Å². The van der Waals surface area contributed by atoms with Crippen molar-refractivity contribution in [2.45, 2.75) is 13.0 Å². The average Bonchev–Trinajstić information content (AvgIpc) is 2.71. The van der Waals surface area contributed by atoms with Gasteiger partial charge in [0.25, 0.3) is 5.56 Å². The number of hydrogen-bond donors (Lipinski definition) is 0. The molecule has 7 nitrogen and oxygen atoms in total. The lowest BCUT2D eigenvalue weighted by atomic mass is 10.0. The molecule has 1 aliphatic rings. The molecular formula is C20H21N5O2. The molecule has 1 unspecified atom stereocenters. The number of benzene rings is 1. The summed E-state index contributed by atoms with van der Waals surface area (Å²) < 4.78 is 7.58. The highest BCUT2D eigenvalue weighted by atomic mass is 16.5. The largest absolute Gasteiger partial charge is 0.370 e. The van der Waals surface area contributed by atoms with Crippen molar-refractivity contribution in [2.24, 2.45) is 7.05 Å². The normalized spacial score (nSPS) is 17.1. The smallest absolute Gasteiger partial charge is 0.255 e. The summed E-state index contributed by atoms with van der Waals surface area (Å²) in [6.45, 7) is 3.97. The summed E-state index contributed by atoms with van der Waals surface area (Å²) >= 11 is 0. The fourth-order valence-electron chi connectivity index (χ4n) is 3.35. The fourth-order valence-corrected chi connectivity index (χ4v) is 3.35. The molecule has 0 spiro atoms. The van der Waals surface area contributed by atoms with Gasteiger partial charge in [0.2, 0.25) is 5.95 Å². The molecule has 1 aliphatic heterocycles. The van der Waals surface area contributed by atoms with E-state index < -0.39 is 0 Å². The topological polar surface area (TPSA) is 73.1 Å². The van der Waals surface area contributed by atoms with Gasteiger partial charge in [-0.05, 0) is 24.1 Å². The van der Waals surface area contributed by atoms with E-state index in [9.17, 15) is 4.79 Å². The molecule has 0 aliphatic carbocycles. The molecule has 0 bridgehead atoms. The molecule has 3 heterocycles. The van der Waals surface area contributed by atoms with Gasteiger partial charge in [-0.15, -0.1) is 0 Å². The first-order chi connectivity index (χ1) is 13.1. The van der Waals surface area contributed by atoms with Crippen molar-refractivity contribution in [1.82, 2.24) is 19.5 Å². The van der Waals surface area contributed by atoms with Gasteiger partial charge in [0, 0.05) is 25.9 Å². The maximum Gasteiger partial charge on any atom is 0.255 e. The first-order valence-electron chi connectivity index (χ1n) is 8.90. The van der Waals surface area contributed by atoms with Crippen LogP contribution in [0.15, 0.2) is 53.7 Å². The minimum Gasteiger partial charge on any atom is -0.370 e. The van der Waals surface area contributed by atoms with Gasteiger partial charge in [-0.2, -0.15) is 0 Å². The van der Waals surface area contributed by atoms with Crippen LogP contribution in [-0.4, -0.2) is 39.2 Å². The highest BCUT2D eigenvalue weighted by molar-refractivity contribution is 5.55. The van der Waals surface area contributed by atoms with Crippen LogP contribution in [0, 0.1) is 6.92 Å². The van der Waals surface area contributed by atoms with Gasteiger partial charge in [0.05, 0.1) is 24.5 Å². The zero-order chi connectivity index (χ0) is 18.8. The standard InChI is InChI=1S/C20H21N5O2/c1-14-5-3-4-6-15(14)18-12-25(9-10-27-18)20-23-17(11-19(26)24(20)2)16-7-8-21-13-22-16/h3-8,11,13,18H,9-10,12H2,1-2H3. The molecule has 0 saturated carbocycles. The number of anilines is 1. The van der Waals surface area contributed by atoms with Crippen LogP contribution in [0.4, 0.5) is 5.95 Å². The predicted molar refractivity (Wildman–Crippen MR) is 103 cm³/mol. The maximum atomic E-state index is 12.5. The number of ether oxygens (including phenoxy) is 1. The molecular weight excluding hydrogens is 342 g/mol. The zero-order valence-corrected chi connectivity index (χ0v) is 15.4. The zero-order valence-electron chi connectivity index (χ0n) is 15.4. The van der Waals surface area contributed by atoms with Crippen LogP contribution in [-0.2, 0) is 11.8 Å². The van der Waals surface area contributed by atoms with E-state index in [0.717, 1.165) is 0 Å². The van der Waals surface area contributed by atoms with Crippen LogP contribution < -0.4 is 10.5 Å². The Balaban J connectivity index is 1.69. The van der Waals surface area contributed by atoms with E-state index in [1.165, 1.54) is 23.5 Å². The Bertz CT molecular complexity index is 1000. The van der Waals surface area contributed by atoms with Gasteiger partial charge in [0.1, 0.15) is 12.4 Å². The van der Waals surface area contributed by atoms with E-state index in [0.29, 0.717) is 37.0 Å². The number of rotatable bonds is 3. The van der Waals surface area contributed by atoms with Crippen LogP contribution in [0.5, 0.6) is 0 Å². The second-order valence-electron chi connectivity index (χ2n) is 6.60. The Labute approximate surface area is 157 Å². The predicted octanol–water partition coefficient (Wildman–Crippen LogP) is 2.12. The molecule has 1 saturated heterocycles. The van der Waals surface area contributed by atoms with Crippen molar-refractivity contribution in [3.05, 3.63) is 70.4 Å². The third-order valence-electron chi connectivity index (χ3n) is 4.84. The van der Waals surface area contributed by atoms with E-state index in [2.05, 4.69) is 33.9 Å². The van der Waals surface area contributed by atoms with E-state index >= 15 is 0 Å². The summed E-state index contributed by atoms with van der Waals surface area (Å²) in [5.41, 5.74) is 3.43. The quantitative estimate of drug-likeness (QED) is 0.710. The van der Waals surface area contributed by atoms with E-state index in [-0.39, 0.29) is 11.7 Å². The highest BCUT2D eigenvalue weighted by Gasteiger charge is 2.26. The Kier molecular flexibility index (Phi) is 4.68. The summed E-state index contributed by atoms with van der Waals surface area (Å²) in [6.07, 6.45) is 3.04. The van der Waals surface area contributed by atoms with E-state index in [1.54, 1.807) is 23.9 Å². The summed E-state index contributed by atoms with van der Waals surface area (Å²) in [4.78, 5) is 27.5. The molecule has 2 aromatic heterocycles. The number of nitrogens with zero attached hydrogens (tertiary/aromatic N) is 5. The fraction of sp³-hybridized carbons (Fsp3) is 0.300. The molecule has 27 heavy (non-hydrogen) atoms. The molecule has 138 valence electrons. The third-order valence-corrected chi connectivity index (χ3v) is 4.84. The van der Waals surface area contributed by atoms with Crippen LogP contribution in [0.1, 0.15) is 17.2 Å². The molecule has 0 N–H and O–H groups in total. The van der Waals surface area contributed by atoms with Crippen LogP contribution >= 0.6 is 0 Å². The Morgan fingerprint density at radius 3 is 2.81 bits per heavy atom. The number of morpholine rings is 1. The van der Waals surface area contributed by atoms with Crippen LogP contribution in [0.3, 0.4) is 0 Å². The average molecular weight is 363 g/mol. The Morgan fingerprint density at radius 2 is 2.04 bits per heavy atom.